The Hall–Kier alpha value is -0.650. The summed E-state index contributed by atoms with van der Waals surface area (Å²) in [4.78, 5) is 14.2. The van der Waals surface area contributed by atoms with E-state index in [0.29, 0.717) is 12.6 Å². The van der Waals surface area contributed by atoms with Crippen LogP contribution < -0.4 is 5.32 Å². The van der Waals surface area contributed by atoms with Crippen LogP contribution in [-0.4, -0.2) is 62.4 Å². The van der Waals surface area contributed by atoms with Crippen LogP contribution in [0.25, 0.3) is 0 Å². The third-order valence-electron chi connectivity index (χ3n) is 3.68. The van der Waals surface area contributed by atoms with Crippen molar-refractivity contribution in [2.45, 2.75) is 51.8 Å². The second kappa shape index (κ2) is 8.51. The van der Waals surface area contributed by atoms with Gasteiger partial charge in [0.15, 0.2) is 0 Å². The van der Waals surface area contributed by atoms with Crippen molar-refractivity contribution in [2.24, 2.45) is 0 Å². The molecule has 3 atom stereocenters. The van der Waals surface area contributed by atoms with E-state index in [0.717, 1.165) is 32.5 Å². The van der Waals surface area contributed by atoms with E-state index in [4.69, 9.17) is 9.47 Å². The van der Waals surface area contributed by atoms with E-state index in [1.165, 1.54) is 0 Å². The largest absolute Gasteiger partial charge is 0.465 e. The van der Waals surface area contributed by atoms with Gasteiger partial charge in [-0.05, 0) is 33.7 Å². The molecule has 1 aliphatic rings. The summed E-state index contributed by atoms with van der Waals surface area (Å²) < 4.78 is 10.7. The van der Waals surface area contributed by atoms with Gasteiger partial charge in [-0.25, -0.2) is 0 Å². The lowest BCUT2D eigenvalue weighted by molar-refractivity contribution is -0.146. The summed E-state index contributed by atoms with van der Waals surface area (Å²) in [7, 11) is 1.81. The fourth-order valence-electron chi connectivity index (χ4n) is 2.48. The molecular weight excluding hydrogens is 244 g/mol. The fraction of sp³-hybridized carbons (Fsp3) is 0.929. The molecular formula is C14H28N2O3. The minimum Gasteiger partial charge on any atom is -0.465 e. The van der Waals surface area contributed by atoms with Crippen LogP contribution in [0.5, 0.6) is 0 Å². The average Bonchev–Trinajstić information content (AvgIpc) is 2.40. The van der Waals surface area contributed by atoms with Crippen molar-refractivity contribution in [3.8, 4) is 0 Å². The predicted molar refractivity (Wildman–Crippen MR) is 75.2 cm³/mol. The zero-order valence-corrected chi connectivity index (χ0v) is 12.6. The van der Waals surface area contributed by atoms with Gasteiger partial charge in [0.1, 0.15) is 6.04 Å². The van der Waals surface area contributed by atoms with Crippen LogP contribution in [0.4, 0.5) is 0 Å². The Morgan fingerprint density at radius 2 is 2.26 bits per heavy atom. The normalized spacial score (nSPS) is 26.1. The monoisotopic (exact) mass is 272 g/mol. The summed E-state index contributed by atoms with van der Waals surface area (Å²) in [6, 6.07) is 0.256. The van der Waals surface area contributed by atoms with Crippen LogP contribution in [0, 0.1) is 0 Å². The lowest BCUT2D eigenvalue weighted by Crippen LogP contribution is -2.50. The smallest absolute Gasteiger partial charge is 0.323 e. The minimum atomic E-state index is -0.212. The highest BCUT2D eigenvalue weighted by Gasteiger charge is 2.27. The Balaban J connectivity index is 2.45. The van der Waals surface area contributed by atoms with Crippen molar-refractivity contribution in [1.82, 2.24) is 10.2 Å². The van der Waals surface area contributed by atoms with E-state index in [2.05, 4.69) is 24.1 Å². The molecule has 0 aromatic heterocycles. The van der Waals surface area contributed by atoms with Gasteiger partial charge in [-0.1, -0.05) is 6.92 Å². The van der Waals surface area contributed by atoms with Gasteiger partial charge in [-0.3, -0.25) is 9.69 Å². The molecule has 112 valence electrons. The van der Waals surface area contributed by atoms with Crippen molar-refractivity contribution in [3.05, 3.63) is 0 Å². The third kappa shape index (κ3) is 5.09. The van der Waals surface area contributed by atoms with Crippen LogP contribution in [0.1, 0.15) is 33.6 Å². The van der Waals surface area contributed by atoms with Crippen molar-refractivity contribution in [3.63, 3.8) is 0 Å². The fourth-order valence-corrected chi connectivity index (χ4v) is 2.48. The Labute approximate surface area is 116 Å². The third-order valence-corrected chi connectivity index (χ3v) is 3.68. The first kappa shape index (κ1) is 16.4. The molecule has 1 aliphatic heterocycles. The highest BCUT2D eigenvalue weighted by molar-refractivity contribution is 5.75. The molecule has 0 aromatic carbocycles. The van der Waals surface area contributed by atoms with Gasteiger partial charge >= 0.3 is 5.97 Å². The lowest BCUT2D eigenvalue weighted by Gasteiger charge is -2.38. The Bertz CT molecular complexity index is 273. The summed E-state index contributed by atoms with van der Waals surface area (Å²) in [6.45, 7) is 9.18. The molecule has 0 aliphatic carbocycles. The molecule has 0 spiro atoms. The van der Waals surface area contributed by atoms with Crippen LogP contribution in [0.3, 0.4) is 0 Å². The van der Waals surface area contributed by atoms with Gasteiger partial charge in [0.25, 0.3) is 0 Å². The molecule has 1 fully saturated rings. The number of carbonyl (C=O) groups is 1. The number of hydrogen-bond donors (Lipinski definition) is 1. The lowest BCUT2D eigenvalue weighted by atomic mass is 10.1. The number of rotatable bonds is 7. The number of morpholine rings is 1. The second-order valence-corrected chi connectivity index (χ2v) is 5.08. The number of nitrogens with zero attached hydrogens (tertiary/aromatic N) is 1. The van der Waals surface area contributed by atoms with Gasteiger partial charge < -0.3 is 14.8 Å². The molecule has 0 aromatic rings. The number of hydrogen-bond acceptors (Lipinski definition) is 5. The number of likely N-dealkylation sites (N-methyl/N-ethyl adjacent to an activating group) is 1. The van der Waals surface area contributed by atoms with Gasteiger partial charge in [0.2, 0.25) is 0 Å². The van der Waals surface area contributed by atoms with Crippen molar-refractivity contribution >= 4 is 5.97 Å². The van der Waals surface area contributed by atoms with Gasteiger partial charge in [0, 0.05) is 19.1 Å². The molecule has 0 bridgehead atoms. The van der Waals surface area contributed by atoms with E-state index in [-0.39, 0.29) is 18.1 Å². The van der Waals surface area contributed by atoms with E-state index in [9.17, 15) is 4.79 Å². The summed E-state index contributed by atoms with van der Waals surface area (Å²) in [5.74, 6) is -0.153. The summed E-state index contributed by atoms with van der Waals surface area (Å²) in [5.41, 5.74) is 0. The van der Waals surface area contributed by atoms with Crippen molar-refractivity contribution in [1.29, 1.82) is 0 Å². The molecule has 3 unspecified atom stereocenters. The summed E-state index contributed by atoms with van der Waals surface area (Å²) in [5, 5.41) is 3.04. The molecule has 5 heteroatoms. The zero-order chi connectivity index (χ0) is 14.3. The first-order valence-corrected chi connectivity index (χ1v) is 7.31. The maximum atomic E-state index is 11.7. The Morgan fingerprint density at radius 1 is 1.53 bits per heavy atom. The molecule has 0 saturated carbocycles. The second-order valence-electron chi connectivity index (χ2n) is 5.08. The van der Waals surface area contributed by atoms with E-state index < -0.39 is 0 Å². The van der Waals surface area contributed by atoms with E-state index >= 15 is 0 Å². The standard InChI is InChI=1S/C14H28N2O3/c1-5-12-10-19-11(3)9-16(12)8-7-13(15-4)14(17)18-6-2/h11-13,15H,5-10H2,1-4H3. The number of carbonyl (C=O) groups excluding carboxylic acids is 1. The quantitative estimate of drug-likeness (QED) is 0.702. The summed E-state index contributed by atoms with van der Waals surface area (Å²) in [6.07, 6.45) is 2.13. The van der Waals surface area contributed by atoms with Gasteiger partial charge in [-0.2, -0.15) is 0 Å². The van der Waals surface area contributed by atoms with Crippen LogP contribution in [-0.2, 0) is 14.3 Å². The van der Waals surface area contributed by atoms with Crippen LogP contribution in [0.2, 0.25) is 0 Å². The number of ether oxygens (including phenoxy) is 2. The maximum absolute atomic E-state index is 11.7. The Morgan fingerprint density at radius 3 is 2.84 bits per heavy atom. The zero-order valence-electron chi connectivity index (χ0n) is 12.6. The first-order chi connectivity index (χ1) is 9.12. The number of esters is 1. The molecule has 1 N–H and O–H groups in total. The molecule has 1 saturated heterocycles. The van der Waals surface area contributed by atoms with E-state index in [1.54, 1.807) is 7.05 Å². The molecule has 0 amide bonds. The molecule has 1 rings (SSSR count). The molecule has 0 radical (unpaired) electrons. The van der Waals surface area contributed by atoms with Gasteiger partial charge in [0.05, 0.1) is 19.3 Å². The van der Waals surface area contributed by atoms with E-state index in [1.807, 2.05) is 6.92 Å². The first-order valence-electron chi connectivity index (χ1n) is 7.31. The van der Waals surface area contributed by atoms with Crippen molar-refractivity contribution < 1.29 is 14.3 Å². The van der Waals surface area contributed by atoms with Crippen molar-refractivity contribution in [2.75, 3.05) is 33.4 Å². The molecule has 1 heterocycles. The SMILES string of the molecule is CCOC(=O)C(CCN1CC(C)OCC1CC)NC. The minimum absolute atomic E-state index is 0.153. The Kier molecular flexibility index (Phi) is 7.34. The van der Waals surface area contributed by atoms with Gasteiger partial charge in [-0.15, -0.1) is 0 Å². The average molecular weight is 272 g/mol. The summed E-state index contributed by atoms with van der Waals surface area (Å²) >= 11 is 0. The van der Waals surface area contributed by atoms with Crippen LogP contribution >= 0.6 is 0 Å². The molecule has 19 heavy (non-hydrogen) atoms. The highest BCUT2D eigenvalue weighted by atomic mass is 16.5. The predicted octanol–water partition coefficient (Wildman–Crippen LogP) is 1.03. The van der Waals surface area contributed by atoms with Crippen LogP contribution in [0.15, 0.2) is 0 Å². The molecule has 5 nitrogen and oxygen atoms in total. The number of nitrogens with one attached hydrogen (secondary N) is 1. The topological polar surface area (TPSA) is 50.8 Å². The maximum Gasteiger partial charge on any atom is 0.323 e. The highest BCUT2D eigenvalue weighted by Crippen LogP contribution is 2.15.